The van der Waals surface area contributed by atoms with Gasteiger partial charge in [-0.25, -0.2) is 0 Å². The maximum absolute atomic E-state index is 10.7. The molecule has 1 rings (SSSR count). The van der Waals surface area contributed by atoms with Crippen LogP contribution in [0.25, 0.3) is 0 Å². The Morgan fingerprint density at radius 2 is 2.20 bits per heavy atom. The van der Waals surface area contributed by atoms with Gasteiger partial charge in [0.15, 0.2) is 0 Å². The van der Waals surface area contributed by atoms with Crippen LogP contribution in [0.1, 0.15) is 5.56 Å². The van der Waals surface area contributed by atoms with Gasteiger partial charge in [-0.2, -0.15) is 0 Å². The molecule has 0 heterocycles. The minimum atomic E-state index is -0.359. The van der Waals surface area contributed by atoms with Gasteiger partial charge in [0.2, 0.25) is 0 Å². The molecule has 82 valence electrons. The van der Waals surface area contributed by atoms with Crippen molar-refractivity contribution < 1.29 is 9.66 Å². The largest absolute Gasteiger partial charge is 0.384 e. The van der Waals surface area contributed by atoms with Crippen LogP contribution < -0.4 is 0 Å². The molecule has 0 aliphatic heterocycles. The Labute approximate surface area is 96.5 Å². The monoisotopic (exact) mass is 273 g/mol. The smallest absolute Gasteiger partial charge is 0.272 e. The zero-order chi connectivity index (χ0) is 11.3. The molecule has 0 aromatic heterocycles. The highest BCUT2D eigenvalue weighted by Crippen LogP contribution is 2.21. The summed E-state index contributed by atoms with van der Waals surface area (Å²) in [5.41, 5.74) is 0.888. The fourth-order valence-electron chi connectivity index (χ4n) is 1.34. The zero-order valence-electron chi connectivity index (χ0n) is 8.35. The highest BCUT2D eigenvalue weighted by atomic mass is 79.9. The standard InChI is InChI=1S/C10H12BrNO3/c1-15-7-9(11)6-8-4-2-3-5-10(8)12(13)14/h2-5,9H,6-7H2,1H3. The molecule has 1 atom stereocenters. The van der Waals surface area contributed by atoms with Crippen molar-refractivity contribution in [1.82, 2.24) is 0 Å². The Bertz CT molecular complexity index is 343. The van der Waals surface area contributed by atoms with Crippen molar-refractivity contribution in [2.45, 2.75) is 11.2 Å². The predicted molar refractivity (Wildman–Crippen MR) is 61.4 cm³/mol. The molecular weight excluding hydrogens is 262 g/mol. The van der Waals surface area contributed by atoms with E-state index in [1.165, 1.54) is 6.07 Å². The summed E-state index contributed by atoms with van der Waals surface area (Å²) in [6, 6.07) is 6.75. The number of benzene rings is 1. The van der Waals surface area contributed by atoms with Crippen LogP contribution >= 0.6 is 15.9 Å². The number of nitro groups is 1. The van der Waals surface area contributed by atoms with E-state index >= 15 is 0 Å². The number of halogens is 1. The summed E-state index contributed by atoms with van der Waals surface area (Å²) in [7, 11) is 1.60. The van der Waals surface area contributed by atoms with Gasteiger partial charge < -0.3 is 4.74 Å². The van der Waals surface area contributed by atoms with Crippen LogP contribution in [-0.4, -0.2) is 23.5 Å². The van der Waals surface area contributed by atoms with Gasteiger partial charge >= 0.3 is 0 Å². The lowest BCUT2D eigenvalue weighted by Crippen LogP contribution is -2.11. The number of methoxy groups -OCH3 is 1. The third-order valence-corrected chi connectivity index (χ3v) is 2.57. The number of para-hydroxylation sites is 1. The maximum atomic E-state index is 10.7. The van der Waals surface area contributed by atoms with Gasteiger partial charge in [-0.1, -0.05) is 34.1 Å². The van der Waals surface area contributed by atoms with E-state index in [-0.39, 0.29) is 15.4 Å². The molecule has 1 aromatic carbocycles. The van der Waals surface area contributed by atoms with Crippen LogP contribution in [0.2, 0.25) is 0 Å². The number of ether oxygens (including phenoxy) is 1. The molecule has 0 aliphatic carbocycles. The highest BCUT2D eigenvalue weighted by molar-refractivity contribution is 9.09. The summed E-state index contributed by atoms with van der Waals surface area (Å²) < 4.78 is 4.96. The fourth-order valence-corrected chi connectivity index (χ4v) is 1.95. The molecule has 0 bridgehead atoms. The van der Waals surface area contributed by atoms with Gasteiger partial charge in [-0.05, 0) is 6.42 Å². The van der Waals surface area contributed by atoms with Gasteiger partial charge in [-0.15, -0.1) is 0 Å². The molecule has 5 heteroatoms. The van der Waals surface area contributed by atoms with E-state index in [4.69, 9.17) is 4.74 Å². The summed E-state index contributed by atoms with van der Waals surface area (Å²) in [5.74, 6) is 0. The van der Waals surface area contributed by atoms with Crippen molar-refractivity contribution in [3.8, 4) is 0 Å². The topological polar surface area (TPSA) is 52.4 Å². The molecule has 4 nitrogen and oxygen atoms in total. The molecule has 0 aliphatic rings. The first-order chi connectivity index (χ1) is 7.15. The Morgan fingerprint density at radius 3 is 2.80 bits per heavy atom. The minimum absolute atomic E-state index is 0.101. The minimum Gasteiger partial charge on any atom is -0.384 e. The number of hydrogen-bond donors (Lipinski definition) is 0. The van der Waals surface area contributed by atoms with Gasteiger partial charge in [-0.3, -0.25) is 10.1 Å². The van der Waals surface area contributed by atoms with Gasteiger partial charge in [0.1, 0.15) is 0 Å². The van der Waals surface area contributed by atoms with Crippen molar-refractivity contribution in [1.29, 1.82) is 0 Å². The van der Waals surface area contributed by atoms with E-state index in [1.54, 1.807) is 25.3 Å². The van der Waals surface area contributed by atoms with Crippen LogP contribution in [-0.2, 0) is 11.2 Å². The molecule has 0 amide bonds. The van der Waals surface area contributed by atoms with Gasteiger partial charge in [0, 0.05) is 23.6 Å². The van der Waals surface area contributed by atoms with Crippen LogP contribution in [0.3, 0.4) is 0 Å². The Hall–Kier alpha value is -0.940. The summed E-state index contributed by atoms with van der Waals surface area (Å²) in [6.07, 6.45) is 0.588. The van der Waals surface area contributed by atoms with Crippen molar-refractivity contribution >= 4 is 21.6 Å². The third kappa shape index (κ3) is 3.60. The van der Waals surface area contributed by atoms with Gasteiger partial charge in [0.05, 0.1) is 11.5 Å². The molecule has 0 radical (unpaired) electrons. The third-order valence-electron chi connectivity index (χ3n) is 1.98. The van der Waals surface area contributed by atoms with E-state index in [2.05, 4.69) is 15.9 Å². The summed E-state index contributed by atoms with van der Waals surface area (Å²) in [5, 5.41) is 10.7. The lowest BCUT2D eigenvalue weighted by molar-refractivity contribution is -0.385. The van der Waals surface area contributed by atoms with E-state index in [1.807, 2.05) is 0 Å². The zero-order valence-corrected chi connectivity index (χ0v) is 9.94. The molecule has 0 spiro atoms. The number of hydrogen-bond acceptors (Lipinski definition) is 3. The first-order valence-electron chi connectivity index (χ1n) is 4.50. The number of nitrogens with zero attached hydrogens (tertiary/aromatic N) is 1. The quantitative estimate of drug-likeness (QED) is 0.471. The van der Waals surface area contributed by atoms with Crippen LogP contribution in [0.15, 0.2) is 24.3 Å². The van der Waals surface area contributed by atoms with Crippen molar-refractivity contribution in [3.05, 3.63) is 39.9 Å². The molecular formula is C10H12BrNO3. The molecule has 1 unspecified atom stereocenters. The Balaban J connectivity index is 2.79. The molecule has 15 heavy (non-hydrogen) atoms. The SMILES string of the molecule is COCC(Br)Cc1ccccc1[N+](=O)[O-]. The average Bonchev–Trinajstić information content (AvgIpc) is 2.18. The first kappa shape index (κ1) is 12.1. The normalized spacial score (nSPS) is 12.4. The Kier molecular flexibility index (Phi) is 4.71. The van der Waals surface area contributed by atoms with Crippen LogP contribution in [0.5, 0.6) is 0 Å². The van der Waals surface area contributed by atoms with E-state index < -0.39 is 0 Å². The second-order valence-electron chi connectivity index (χ2n) is 3.14. The maximum Gasteiger partial charge on any atom is 0.272 e. The van der Waals surface area contributed by atoms with Crippen molar-refractivity contribution in [2.24, 2.45) is 0 Å². The summed E-state index contributed by atoms with van der Waals surface area (Å²) >= 11 is 3.41. The second-order valence-corrected chi connectivity index (χ2v) is 4.44. The van der Waals surface area contributed by atoms with Crippen LogP contribution in [0, 0.1) is 10.1 Å². The summed E-state index contributed by atoms with van der Waals surface area (Å²) in [6.45, 7) is 0.534. The lowest BCUT2D eigenvalue weighted by Gasteiger charge is -2.08. The van der Waals surface area contributed by atoms with E-state index in [0.717, 1.165) is 5.56 Å². The fraction of sp³-hybridized carbons (Fsp3) is 0.400. The number of alkyl halides is 1. The van der Waals surface area contributed by atoms with Gasteiger partial charge in [0.25, 0.3) is 5.69 Å². The number of rotatable bonds is 5. The van der Waals surface area contributed by atoms with Crippen molar-refractivity contribution in [3.63, 3.8) is 0 Å². The van der Waals surface area contributed by atoms with Crippen LogP contribution in [0.4, 0.5) is 5.69 Å². The second kappa shape index (κ2) is 5.82. The Morgan fingerprint density at radius 1 is 1.53 bits per heavy atom. The number of nitro benzene ring substituents is 1. The summed E-state index contributed by atoms with van der Waals surface area (Å²) in [4.78, 5) is 10.5. The molecule has 0 saturated heterocycles. The lowest BCUT2D eigenvalue weighted by atomic mass is 10.1. The predicted octanol–water partition coefficient (Wildman–Crippen LogP) is 2.55. The van der Waals surface area contributed by atoms with E-state index in [0.29, 0.717) is 13.0 Å². The first-order valence-corrected chi connectivity index (χ1v) is 5.42. The highest BCUT2D eigenvalue weighted by Gasteiger charge is 2.15. The molecule has 0 N–H and O–H groups in total. The average molecular weight is 274 g/mol. The molecule has 0 fully saturated rings. The molecule has 0 saturated carbocycles. The van der Waals surface area contributed by atoms with Crippen molar-refractivity contribution in [2.75, 3.05) is 13.7 Å². The molecule has 1 aromatic rings. The van der Waals surface area contributed by atoms with E-state index in [9.17, 15) is 10.1 Å².